The second-order valence-electron chi connectivity index (χ2n) is 3.04. The monoisotopic (exact) mass is 208 g/mol. The van der Waals surface area contributed by atoms with Gasteiger partial charge >= 0.3 is 0 Å². The number of nitrogens with one attached hydrogen (secondary N) is 1. The summed E-state index contributed by atoms with van der Waals surface area (Å²) in [6, 6.07) is 0. The van der Waals surface area contributed by atoms with Gasteiger partial charge in [0, 0.05) is 11.9 Å². The molecule has 0 bridgehead atoms. The van der Waals surface area contributed by atoms with Crippen molar-refractivity contribution < 1.29 is 0 Å². The van der Waals surface area contributed by atoms with Crippen LogP contribution < -0.4 is 5.32 Å². The van der Waals surface area contributed by atoms with E-state index in [9.17, 15) is 0 Å². The second kappa shape index (κ2) is 4.41. The van der Waals surface area contributed by atoms with Crippen LogP contribution in [0.1, 0.15) is 11.4 Å². The van der Waals surface area contributed by atoms with Crippen LogP contribution in [-0.4, -0.2) is 27.4 Å². The van der Waals surface area contributed by atoms with Gasteiger partial charge < -0.3 is 5.32 Å². The molecule has 0 aromatic carbocycles. The molecule has 74 valence electrons. The molecular formula is C9H12N4S. The van der Waals surface area contributed by atoms with Crippen LogP contribution in [0.15, 0.2) is 17.4 Å². The third-order valence-electron chi connectivity index (χ3n) is 1.84. The molecular weight excluding hydrogens is 196 g/mol. The number of thioether (sulfide) groups is 1. The molecule has 0 aliphatic carbocycles. The minimum Gasteiger partial charge on any atom is -0.359 e. The molecule has 0 saturated heterocycles. The third-order valence-corrected chi connectivity index (χ3v) is 2.77. The first kappa shape index (κ1) is 9.45. The molecule has 14 heavy (non-hydrogen) atoms. The highest BCUT2D eigenvalue weighted by atomic mass is 32.2. The van der Waals surface area contributed by atoms with E-state index >= 15 is 0 Å². The molecule has 0 radical (unpaired) electrons. The van der Waals surface area contributed by atoms with Crippen LogP contribution in [0.2, 0.25) is 0 Å². The van der Waals surface area contributed by atoms with Gasteiger partial charge in [0.25, 0.3) is 0 Å². The maximum atomic E-state index is 4.29. The Hall–Kier alpha value is -1.10. The first-order chi connectivity index (χ1) is 6.84. The summed E-state index contributed by atoms with van der Waals surface area (Å²) in [5.41, 5.74) is 1.90. The molecule has 1 N–H and O–H groups in total. The van der Waals surface area contributed by atoms with Gasteiger partial charge in [0.2, 0.25) is 0 Å². The largest absolute Gasteiger partial charge is 0.359 e. The highest BCUT2D eigenvalue weighted by Crippen LogP contribution is 2.09. The van der Waals surface area contributed by atoms with E-state index in [4.69, 9.17) is 0 Å². The molecule has 0 fully saturated rings. The third kappa shape index (κ3) is 2.45. The van der Waals surface area contributed by atoms with E-state index in [-0.39, 0.29) is 0 Å². The van der Waals surface area contributed by atoms with Gasteiger partial charge in [-0.2, -0.15) is 0 Å². The Kier molecular flexibility index (Phi) is 2.98. The summed E-state index contributed by atoms with van der Waals surface area (Å²) in [7, 11) is 0. The van der Waals surface area contributed by atoms with Crippen molar-refractivity contribution in [1.82, 2.24) is 15.3 Å². The lowest BCUT2D eigenvalue weighted by molar-refractivity contribution is 0.862. The van der Waals surface area contributed by atoms with Gasteiger partial charge in [0.15, 0.2) is 5.17 Å². The zero-order chi connectivity index (χ0) is 9.80. The van der Waals surface area contributed by atoms with Crippen LogP contribution in [0, 0.1) is 6.92 Å². The summed E-state index contributed by atoms with van der Waals surface area (Å²) in [5, 5.41) is 4.25. The van der Waals surface area contributed by atoms with E-state index in [1.54, 1.807) is 24.2 Å². The van der Waals surface area contributed by atoms with Gasteiger partial charge in [-0.1, -0.05) is 11.8 Å². The maximum absolute atomic E-state index is 4.29. The number of aromatic nitrogens is 2. The average molecular weight is 208 g/mol. The summed E-state index contributed by atoms with van der Waals surface area (Å²) >= 11 is 1.76. The van der Waals surface area contributed by atoms with E-state index in [1.807, 2.05) is 6.92 Å². The van der Waals surface area contributed by atoms with Crippen molar-refractivity contribution in [1.29, 1.82) is 0 Å². The minimum atomic E-state index is 0.707. The number of nitrogens with zero attached hydrogens (tertiary/aromatic N) is 3. The number of aryl methyl sites for hydroxylation is 1. The Morgan fingerprint density at radius 1 is 1.43 bits per heavy atom. The number of hydrogen-bond donors (Lipinski definition) is 1. The molecule has 0 spiro atoms. The molecule has 1 aliphatic heterocycles. The van der Waals surface area contributed by atoms with E-state index < -0.39 is 0 Å². The van der Waals surface area contributed by atoms with E-state index in [2.05, 4.69) is 20.3 Å². The SMILES string of the molecule is Cc1cnc(CNC2=NCCS2)cn1. The fourth-order valence-electron chi connectivity index (χ4n) is 1.12. The van der Waals surface area contributed by atoms with Crippen LogP contribution in [0.25, 0.3) is 0 Å². The van der Waals surface area contributed by atoms with E-state index in [1.165, 1.54) is 0 Å². The molecule has 0 amide bonds. The lowest BCUT2D eigenvalue weighted by Gasteiger charge is -2.03. The highest BCUT2D eigenvalue weighted by molar-refractivity contribution is 8.14. The Labute approximate surface area is 87.3 Å². The highest BCUT2D eigenvalue weighted by Gasteiger charge is 2.05. The topological polar surface area (TPSA) is 50.2 Å². The molecule has 5 heteroatoms. The summed E-state index contributed by atoms with van der Waals surface area (Å²) in [4.78, 5) is 12.7. The van der Waals surface area contributed by atoms with E-state index in [0.29, 0.717) is 6.54 Å². The van der Waals surface area contributed by atoms with E-state index in [0.717, 1.165) is 28.9 Å². The van der Waals surface area contributed by atoms with Crippen molar-refractivity contribution in [2.24, 2.45) is 4.99 Å². The van der Waals surface area contributed by atoms with Crippen LogP contribution in [-0.2, 0) is 6.54 Å². The van der Waals surface area contributed by atoms with Crippen LogP contribution in [0.3, 0.4) is 0 Å². The van der Waals surface area contributed by atoms with Gasteiger partial charge in [-0.05, 0) is 6.92 Å². The lowest BCUT2D eigenvalue weighted by Crippen LogP contribution is -2.19. The molecule has 1 aliphatic rings. The number of hydrogen-bond acceptors (Lipinski definition) is 5. The molecule has 1 aromatic rings. The Morgan fingerprint density at radius 2 is 2.36 bits per heavy atom. The van der Waals surface area contributed by atoms with Crippen molar-refractivity contribution in [3.63, 3.8) is 0 Å². The van der Waals surface area contributed by atoms with Gasteiger partial charge in [0.05, 0.1) is 30.7 Å². The molecule has 0 saturated carbocycles. The summed E-state index contributed by atoms with van der Waals surface area (Å²) in [6.07, 6.45) is 3.57. The second-order valence-corrected chi connectivity index (χ2v) is 4.12. The zero-order valence-electron chi connectivity index (χ0n) is 8.03. The molecule has 0 unspecified atom stereocenters. The fourth-order valence-corrected chi connectivity index (χ4v) is 1.85. The first-order valence-corrected chi connectivity index (χ1v) is 5.52. The van der Waals surface area contributed by atoms with Crippen molar-refractivity contribution in [2.75, 3.05) is 12.3 Å². The molecule has 1 aromatic heterocycles. The van der Waals surface area contributed by atoms with Crippen molar-refractivity contribution in [3.05, 3.63) is 23.8 Å². The van der Waals surface area contributed by atoms with Crippen molar-refractivity contribution in [2.45, 2.75) is 13.5 Å². The molecule has 2 rings (SSSR count). The predicted octanol–water partition coefficient (Wildman–Crippen LogP) is 0.977. The van der Waals surface area contributed by atoms with Crippen LogP contribution >= 0.6 is 11.8 Å². The molecule has 2 heterocycles. The van der Waals surface area contributed by atoms with Gasteiger partial charge in [-0.25, -0.2) is 0 Å². The Balaban J connectivity index is 1.88. The molecule has 4 nitrogen and oxygen atoms in total. The average Bonchev–Trinajstić information content (AvgIpc) is 2.70. The summed E-state index contributed by atoms with van der Waals surface area (Å²) in [5.74, 6) is 1.09. The van der Waals surface area contributed by atoms with Gasteiger partial charge in [0.1, 0.15) is 0 Å². The number of amidine groups is 1. The smallest absolute Gasteiger partial charge is 0.156 e. The summed E-state index contributed by atoms with van der Waals surface area (Å²) < 4.78 is 0. The van der Waals surface area contributed by atoms with Gasteiger partial charge in [-0.3, -0.25) is 15.0 Å². The lowest BCUT2D eigenvalue weighted by atomic mass is 10.4. The number of aliphatic imine (C=N–C) groups is 1. The fraction of sp³-hybridized carbons (Fsp3) is 0.444. The normalized spacial score (nSPS) is 15.4. The predicted molar refractivity (Wildman–Crippen MR) is 58.4 cm³/mol. The standard InChI is InChI=1S/C9H12N4S/c1-7-4-12-8(5-11-7)6-13-9-10-2-3-14-9/h4-5H,2-3,6H2,1H3,(H,10,13). The minimum absolute atomic E-state index is 0.707. The Bertz CT molecular complexity index is 333. The summed E-state index contributed by atoms with van der Waals surface area (Å²) in [6.45, 7) is 3.56. The Morgan fingerprint density at radius 3 is 3.00 bits per heavy atom. The van der Waals surface area contributed by atoms with Crippen molar-refractivity contribution in [3.8, 4) is 0 Å². The van der Waals surface area contributed by atoms with Gasteiger partial charge in [-0.15, -0.1) is 0 Å². The van der Waals surface area contributed by atoms with Crippen LogP contribution in [0.5, 0.6) is 0 Å². The first-order valence-electron chi connectivity index (χ1n) is 4.53. The number of rotatable bonds is 2. The zero-order valence-corrected chi connectivity index (χ0v) is 8.84. The quantitative estimate of drug-likeness (QED) is 0.787. The van der Waals surface area contributed by atoms with Crippen LogP contribution in [0.4, 0.5) is 0 Å². The van der Waals surface area contributed by atoms with Crippen molar-refractivity contribution >= 4 is 16.9 Å². The molecule has 0 atom stereocenters. The maximum Gasteiger partial charge on any atom is 0.156 e.